The van der Waals surface area contributed by atoms with Crippen LogP contribution >= 0.6 is 0 Å². The molecule has 1 atom stereocenters. The molecule has 1 aromatic carbocycles. The van der Waals surface area contributed by atoms with Gasteiger partial charge in [-0.15, -0.1) is 0 Å². The molecular weight excluding hydrogens is 236 g/mol. The molecule has 2 rings (SSSR count). The molecule has 19 heavy (non-hydrogen) atoms. The van der Waals surface area contributed by atoms with Crippen LogP contribution in [-0.2, 0) is 13.0 Å². The van der Waals surface area contributed by atoms with Gasteiger partial charge in [-0.1, -0.05) is 23.8 Å². The fourth-order valence-electron chi connectivity index (χ4n) is 2.40. The summed E-state index contributed by atoms with van der Waals surface area (Å²) in [4.78, 5) is 4.36. The summed E-state index contributed by atoms with van der Waals surface area (Å²) in [5, 5.41) is 7.63. The molecule has 4 nitrogen and oxygen atoms in total. The van der Waals surface area contributed by atoms with Crippen LogP contribution in [-0.4, -0.2) is 21.8 Å². The number of aromatic nitrogens is 3. The van der Waals surface area contributed by atoms with E-state index in [4.69, 9.17) is 0 Å². The highest BCUT2D eigenvalue weighted by Gasteiger charge is 2.15. The molecule has 1 N–H and O–H groups in total. The van der Waals surface area contributed by atoms with Gasteiger partial charge in [-0.05, 0) is 38.9 Å². The van der Waals surface area contributed by atoms with Gasteiger partial charge in [0.25, 0.3) is 0 Å². The van der Waals surface area contributed by atoms with Gasteiger partial charge in [0, 0.05) is 19.0 Å². The monoisotopic (exact) mass is 258 g/mol. The number of nitrogens with zero attached hydrogens (tertiary/aromatic N) is 3. The van der Waals surface area contributed by atoms with E-state index in [0.29, 0.717) is 0 Å². The molecule has 0 aliphatic heterocycles. The molecular formula is C15H22N4. The van der Waals surface area contributed by atoms with Crippen LogP contribution in [0.25, 0.3) is 0 Å². The molecule has 0 radical (unpaired) electrons. The highest BCUT2D eigenvalue weighted by molar-refractivity contribution is 5.33. The van der Waals surface area contributed by atoms with E-state index in [-0.39, 0.29) is 6.04 Å². The topological polar surface area (TPSA) is 42.7 Å². The summed E-state index contributed by atoms with van der Waals surface area (Å²) in [7, 11) is 2.00. The number of hydrogen-bond acceptors (Lipinski definition) is 3. The third-order valence-corrected chi connectivity index (χ3v) is 3.54. The molecule has 1 heterocycles. The second-order valence-corrected chi connectivity index (χ2v) is 4.90. The number of rotatable bonds is 5. The summed E-state index contributed by atoms with van der Waals surface area (Å²) in [6.07, 6.45) is 2.49. The van der Waals surface area contributed by atoms with Crippen molar-refractivity contribution < 1.29 is 0 Å². The first-order valence-electron chi connectivity index (χ1n) is 6.76. The van der Waals surface area contributed by atoms with Crippen molar-refractivity contribution in [1.82, 2.24) is 20.1 Å². The molecule has 0 saturated carbocycles. The van der Waals surface area contributed by atoms with Gasteiger partial charge in [0.2, 0.25) is 0 Å². The number of hydrogen-bond donors (Lipinski definition) is 1. The SMILES string of the molecule is CCn1ncnc1CC(NC)c1cc(C)ccc1C. The molecule has 102 valence electrons. The zero-order valence-electron chi connectivity index (χ0n) is 12.1. The minimum Gasteiger partial charge on any atom is -0.313 e. The van der Waals surface area contributed by atoms with Crippen LogP contribution in [0.3, 0.4) is 0 Å². The smallest absolute Gasteiger partial charge is 0.138 e. The predicted molar refractivity (Wildman–Crippen MR) is 77.1 cm³/mol. The molecule has 0 aliphatic rings. The maximum absolute atomic E-state index is 4.36. The second-order valence-electron chi connectivity index (χ2n) is 4.90. The number of likely N-dealkylation sites (N-methyl/N-ethyl adjacent to an activating group) is 1. The first-order valence-corrected chi connectivity index (χ1v) is 6.76. The van der Waals surface area contributed by atoms with E-state index in [1.165, 1.54) is 16.7 Å². The lowest BCUT2D eigenvalue weighted by Gasteiger charge is -2.19. The number of nitrogens with one attached hydrogen (secondary N) is 1. The Kier molecular flexibility index (Phi) is 4.32. The summed E-state index contributed by atoms with van der Waals surface area (Å²) < 4.78 is 1.95. The standard InChI is InChI=1S/C15H22N4/c1-5-19-15(17-10-18-19)9-14(16-4)13-8-11(2)6-7-12(13)3/h6-8,10,14,16H,5,9H2,1-4H3. The quantitative estimate of drug-likeness (QED) is 0.895. The van der Waals surface area contributed by atoms with Crippen LogP contribution < -0.4 is 5.32 Å². The van der Waals surface area contributed by atoms with E-state index in [2.05, 4.69) is 54.4 Å². The second kappa shape index (κ2) is 5.97. The van der Waals surface area contributed by atoms with E-state index >= 15 is 0 Å². The zero-order chi connectivity index (χ0) is 13.8. The molecule has 0 bridgehead atoms. The van der Waals surface area contributed by atoms with Gasteiger partial charge in [-0.25, -0.2) is 4.98 Å². The van der Waals surface area contributed by atoms with Gasteiger partial charge >= 0.3 is 0 Å². The van der Waals surface area contributed by atoms with Gasteiger partial charge in [0.1, 0.15) is 12.2 Å². The summed E-state index contributed by atoms with van der Waals surface area (Å²) in [6, 6.07) is 6.86. The van der Waals surface area contributed by atoms with Crippen molar-refractivity contribution in [2.75, 3.05) is 7.05 Å². The van der Waals surface area contributed by atoms with Crippen LogP contribution in [0.1, 0.15) is 35.5 Å². The molecule has 0 aliphatic carbocycles. The fourth-order valence-corrected chi connectivity index (χ4v) is 2.40. The highest BCUT2D eigenvalue weighted by atomic mass is 15.3. The van der Waals surface area contributed by atoms with Crippen molar-refractivity contribution in [2.45, 2.75) is 39.8 Å². The van der Waals surface area contributed by atoms with E-state index in [1.54, 1.807) is 6.33 Å². The lowest BCUT2D eigenvalue weighted by Crippen LogP contribution is -2.22. The van der Waals surface area contributed by atoms with Crippen LogP contribution in [0.2, 0.25) is 0 Å². The van der Waals surface area contributed by atoms with Crippen LogP contribution in [0.15, 0.2) is 24.5 Å². The largest absolute Gasteiger partial charge is 0.313 e. The summed E-state index contributed by atoms with van der Waals surface area (Å²) in [6.45, 7) is 7.23. The Morgan fingerprint density at radius 1 is 1.32 bits per heavy atom. The van der Waals surface area contributed by atoms with Crippen molar-refractivity contribution in [3.63, 3.8) is 0 Å². The molecule has 4 heteroatoms. The minimum atomic E-state index is 0.273. The van der Waals surface area contributed by atoms with E-state index in [0.717, 1.165) is 18.8 Å². The minimum absolute atomic E-state index is 0.273. The van der Waals surface area contributed by atoms with Crippen LogP contribution in [0, 0.1) is 13.8 Å². The highest BCUT2D eigenvalue weighted by Crippen LogP contribution is 2.22. The molecule has 1 aromatic heterocycles. The van der Waals surface area contributed by atoms with Crippen molar-refractivity contribution in [2.24, 2.45) is 0 Å². The van der Waals surface area contributed by atoms with E-state index in [9.17, 15) is 0 Å². The van der Waals surface area contributed by atoms with Crippen molar-refractivity contribution in [1.29, 1.82) is 0 Å². The van der Waals surface area contributed by atoms with Gasteiger partial charge in [-0.3, -0.25) is 4.68 Å². The average molecular weight is 258 g/mol. The third kappa shape index (κ3) is 3.01. The summed E-state index contributed by atoms with van der Waals surface area (Å²) in [5.74, 6) is 1.03. The van der Waals surface area contributed by atoms with Crippen molar-refractivity contribution >= 4 is 0 Å². The van der Waals surface area contributed by atoms with Crippen molar-refractivity contribution in [3.05, 3.63) is 47.0 Å². The predicted octanol–water partition coefficient (Wildman–Crippen LogP) is 2.42. The Morgan fingerprint density at radius 2 is 2.11 bits per heavy atom. The molecule has 0 spiro atoms. The molecule has 1 unspecified atom stereocenters. The van der Waals surface area contributed by atoms with Gasteiger partial charge in [0.05, 0.1) is 0 Å². The first kappa shape index (κ1) is 13.7. The summed E-state index contributed by atoms with van der Waals surface area (Å²) >= 11 is 0. The van der Waals surface area contributed by atoms with Crippen LogP contribution in [0.5, 0.6) is 0 Å². The zero-order valence-corrected chi connectivity index (χ0v) is 12.1. The summed E-state index contributed by atoms with van der Waals surface area (Å²) in [5.41, 5.74) is 3.94. The van der Waals surface area contributed by atoms with Gasteiger partial charge in [-0.2, -0.15) is 5.10 Å². The molecule has 0 fully saturated rings. The number of benzene rings is 1. The van der Waals surface area contributed by atoms with Gasteiger partial charge in [0.15, 0.2) is 0 Å². The molecule has 2 aromatic rings. The average Bonchev–Trinajstić information content (AvgIpc) is 2.86. The molecule has 0 saturated heterocycles. The third-order valence-electron chi connectivity index (χ3n) is 3.54. The van der Waals surface area contributed by atoms with Crippen molar-refractivity contribution in [3.8, 4) is 0 Å². The normalized spacial score (nSPS) is 12.6. The maximum Gasteiger partial charge on any atom is 0.138 e. The first-order chi connectivity index (χ1) is 9.15. The van der Waals surface area contributed by atoms with Gasteiger partial charge < -0.3 is 5.32 Å². The Labute approximate surface area is 114 Å². The Morgan fingerprint density at radius 3 is 2.79 bits per heavy atom. The molecule has 0 amide bonds. The van der Waals surface area contributed by atoms with E-state index < -0.39 is 0 Å². The number of aryl methyl sites for hydroxylation is 3. The fraction of sp³-hybridized carbons (Fsp3) is 0.467. The Bertz CT molecular complexity index is 545. The lowest BCUT2D eigenvalue weighted by atomic mass is 9.96. The van der Waals surface area contributed by atoms with E-state index in [1.807, 2.05) is 11.7 Å². The maximum atomic E-state index is 4.36. The Hall–Kier alpha value is -1.68. The lowest BCUT2D eigenvalue weighted by molar-refractivity contribution is 0.532. The van der Waals surface area contributed by atoms with Crippen LogP contribution in [0.4, 0.5) is 0 Å². The Balaban J connectivity index is 2.27.